The Hall–Kier alpha value is -4.31. The van der Waals surface area contributed by atoms with Crippen LogP contribution in [-0.2, 0) is 13.0 Å². The van der Waals surface area contributed by atoms with Crippen LogP contribution in [0.2, 0.25) is 0 Å². The zero-order valence-corrected chi connectivity index (χ0v) is 15.8. The molecule has 3 heterocycles. The number of carboxylic acids is 1. The van der Waals surface area contributed by atoms with Gasteiger partial charge in [0.25, 0.3) is 5.56 Å². The first-order valence-corrected chi connectivity index (χ1v) is 9.15. The Bertz CT molecular complexity index is 1330. The summed E-state index contributed by atoms with van der Waals surface area (Å²) >= 11 is 0. The van der Waals surface area contributed by atoms with Gasteiger partial charge in [-0.25, -0.2) is 14.8 Å². The van der Waals surface area contributed by atoms with Crippen molar-refractivity contribution < 1.29 is 9.90 Å². The molecular weight excluding hydrogens is 380 g/mol. The van der Waals surface area contributed by atoms with E-state index < -0.39 is 5.97 Å². The average molecular weight is 396 g/mol. The summed E-state index contributed by atoms with van der Waals surface area (Å²) in [4.78, 5) is 36.5. The summed E-state index contributed by atoms with van der Waals surface area (Å²) in [6, 6.07) is 11.8. The molecule has 30 heavy (non-hydrogen) atoms. The maximum Gasteiger partial charge on any atom is 0.335 e. The maximum atomic E-state index is 12.9. The number of nitrogens with zero attached hydrogens (tertiary/aromatic N) is 4. The topological polar surface area (TPSA) is 98.0 Å². The van der Waals surface area contributed by atoms with Crippen molar-refractivity contribution in [3.8, 4) is 11.8 Å². The molecule has 0 atom stereocenters. The molecule has 0 unspecified atom stereocenters. The number of hydrogen-bond donors (Lipinski definition) is 1. The highest BCUT2D eigenvalue weighted by atomic mass is 16.4. The van der Waals surface area contributed by atoms with Crippen molar-refractivity contribution in [3.05, 3.63) is 100 Å². The fraction of sp³-hybridized carbons (Fsp3) is 0.0870. The van der Waals surface area contributed by atoms with Crippen LogP contribution < -0.4 is 5.56 Å². The highest BCUT2D eigenvalue weighted by Gasteiger charge is 2.07. The summed E-state index contributed by atoms with van der Waals surface area (Å²) in [6.07, 6.45) is 7.01. The lowest BCUT2D eigenvalue weighted by Gasteiger charge is -2.07. The summed E-state index contributed by atoms with van der Waals surface area (Å²) in [7, 11) is 0. The van der Waals surface area contributed by atoms with E-state index >= 15 is 0 Å². The molecule has 3 aromatic heterocycles. The number of hydrogen-bond acceptors (Lipinski definition) is 5. The zero-order chi connectivity index (χ0) is 20.9. The first kappa shape index (κ1) is 19.0. The third kappa shape index (κ3) is 4.23. The van der Waals surface area contributed by atoms with Gasteiger partial charge in [0.1, 0.15) is 5.69 Å². The van der Waals surface area contributed by atoms with Crippen LogP contribution in [0.25, 0.3) is 10.9 Å². The number of aromatic nitrogens is 4. The molecule has 0 aliphatic rings. The molecule has 4 aromatic rings. The molecular formula is C23H16N4O3. The van der Waals surface area contributed by atoms with Gasteiger partial charge in [0.05, 0.1) is 35.5 Å². The monoisotopic (exact) mass is 396 g/mol. The van der Waals surface area contributed by atoms with Gasteiger partial charge in [-0.05, 0) is 41.3 Å². The molecule has 146 valence electrons. The lowest BCUT2D eigenvalue weighted by molar-refractivity contribution is 0.0697. The molecule has 0 saturated heterocycles. The van der Waals surface area contributed by atoms with Crippen molar-refractivity contribution in [1.29, 1.82) is 0 Å². The second-order valence-electron chi connectivity index (χ2n) is 6.61. The van der Waals surface area contributed by atoms with E-state index in [9.17, 15) is 9.59 Å². The summed E-state index contributed by atoms with van der Waals surface area (Å²) in [5.41, 5.74) is 2.78. The summed E-state index contributed by atoms with van der Waals surface area (Å²) < 4.78 is 1.48. The third-order valence-electron chi connectivity index (χ3n) is 4.50. The largest absolute Gasteiger partial charge is 0.478 e. The SMILES string of the molecule is O=C(O)c1ccc(Cn2cnc3cnc(C#CCc4cccnc4)cc3c2=O)cc1. The molecule has 0 aliphatic heterocycles. The molecule has 0 saturated carbocycles. The Morgan fingerprint density at radius 1 is 1.07 bits per heavy atom. The Labute approximate surface area is 171 Å². The van der Waals surface area contributed by atoms with Crippen LogP contribution in [0.15, 0.2) is 72.2 Å². The summed E-state index contributed by atoms with van der Waals surface area (Å²) in [6.45, 7) is 0.284. The minimum atomic E-state index is -0.990. The fourth-order valence-electron chi connectivity index (χ4n) is 2.93. The van der Waals surface area contributed by atoms with Crippen LogP contribution >= 0.6 is 0 Å². The molecule has 0 spiro atoms. The van der Waals surface area contributed by atoms with Crippen molar-refractivity contribution in [2.45, 2.75) is 13.0 Å². The number of carbonyl (C=O) groups is 1. The van der Waals surface area contributed by atoms with Crippen LogP contribution in [0.1, 0.15) is 27.2 Å². The van der Waals surface area contributed by atoms with Gasteiger partial charge in [-0.1, -0.05) is 24.1 Å². The van der Waals surface area contributed by atoms with E-state index in [1.807, 2.05) is 12.1 Å². The molecule has 1 aromatic carbocycles. The van der Waals surface area contributed by atoms with Gasteiger partial charge in [-0.3, -0.25) is 14.3 Å². The Balaban J connectivity index is 1.60. The zero-order valence-electron chi connectivity index (χ0n) is 15.8. The van der Waals surface area contributed by atoms with Gasteiger partial charge in [0.15, 0.2) is 0 Å². The molecule has 0 radical (unpaired) electrons. The van der Waals surface area contributed by atoms with E-state index in [-0.39, 0.29) is 17.7 Å². The molecule has 0 bridgehead atoms. The number of pyridine rings is 2. The number of benzene rings is 1. The van der Waals surface area contributed by atoms with E-state index in [1.165, 1.54) is 29.2 Å². The molecule has 0 aliphatic carbocycles. The van der Waals surface area contributed by atoms with Gasteiger partial charge in [0, 0.05) is 18.8 Å². The Morgan fingerprint density at radius 2 is 1.90 bits per heavy atom. The fourth-order valence-corrected chi connectivity index (χ4v) is 2.93. The van der Waals surface area contributed by atoms with E-state index in [0.29, 0.717) is 23.0 Å². The number of aromatic carboxylic acids is 1. The lowest BCUT2D eigenvalue weighted by Crippen LogP contribution is -2.21. The first-order valence-electron chi connectivity index (χ1n) is 9.15. The second kappa shape index (κ2) is 8.37. The van der Waals surface area contributed by atoms with Crippen molar-refractivity contribution >= 4 is 16.9 Å². The number of carboxylic acid groups (broad SMARTS) is 1. The van der Waals surface area contributed by atoms with Crippen molar-refractivity contribution in [2.75, 3.05) is 0 Å². The number of fused-ring (bicyclic) bond motifs is 1. The average Bonchev–Trinajstić information content (AvgIpc) is 2.77. The molecule has 7 heteroatoms. The summed E-state index contributed by atoms with van der Waals surface area (Å²) in [5, 5.41) is 9.43. The highest BCUT2D eigenvalue weighted by Crippen LogP contribution is 2.09. The van der Waals surface area contributed by atoms with Gasteiger partial charge in [-0.15, -0.1) is 0 Å². The van der Waals surface area contributed by atoms with Crippen molar-refractivity contribution in [1.82, 2.24) is 19.5 Å². The second-order valence-corrected chi connectivity index (χ2v) is 6.61. The molecule has 7 nitrogen and oxygen atoms in total. The molecule has 0 amide bonds. The van der Waals surface area contributed by atoms with Crippen LogP contribution in [0, 0.1) is 11.8 Å². The quantitative estimate of drug-likeness (QED) is 0.533. The van der Waals surface area contributed by atoms with Gasteiger partial charge >= 0.3 is 5.97 Å². The predicted octanol–water partition coefficient (Wildman–Crippen LogP) is 2.53. The van der Waals surface area contributed by atoms with E-state index in [4.69, 9.17) is 5.11 Å². The lowest BCUT2D eigenvalue weighted by atomic mass is 10.1. The van der Waals surface area contributed by atoms with Crippen molar-refractivity contribution in [3.63, 3.8) is 0 Å². The van der Waals surface area contributed by atoms with Crippen LogP contribution in [0.4, 0.5) is 0 Å². The van der Waals surface area contributed by atoms with Crippen LogP contribution in [-0.4, -0.2) is 30.6 Å². The molecule has 4 rings (SSSR count). The maximum absolute atomic E-state index is 12.9. The minimum Gasteiger partial charge on any atom is -0.478 e. The van der Waals surface area contributed by atoms with Crippen LogP contribution in [0.5, 0.6) is 0 Å². The standard InChI is InChI=1S/C23H16N4O3/c28-22-20-11-19(5-1-3-16-4-2-10-24-12-16)25-13-21(20)26-15-27(22)14-17-6-8-18(9-7-17)23(29)30/h2,4,6-13,15H,3,14H2,(H,29,30). The van der Waals surface area contributed by atoms with E-state index in [2.05, 4.69) is 26.8 Å². The smallest absolute Gasteiger partial charge is 0.335 e. The van der Waals surface area contributed by atoms with E-state index in [1.54, 1.807) is 30.6 Å². The Kier molecular flexibility index (Phi) is 5.31. The highest BCUT2D eigenvalue weighted by molar-refractivity contribution is 5.87. The number of rotatable bonds is 4. The normalized spacial score (nSPS) is 10.4. The molecule has 0 fully saturated rings. The summed E-state index contributed by atoms with van der Waals surface area (Å²) in [5.74, 6) is 5.03. The van der Waals surface area contributed by atoms with Crippen LogP contribution in [0.3, 0.4) is 0 Å². The predicted molar refractivity (Wildman–Crippen MR) is 111 cm³/mol. The Morgan fingerprint density at radius 3 is 2.63 bits per heavy atom. The van der Waals surface area contributed by atoms with Gasteiger partial charge in [-0.2, -0.15) is 0 Å². The van der Waals surface area contributed by atoms with Crippen molar-refractivity contribution in [2.24, 2.45) is 0 Å². The van der Waals surface area contributed by atoms with Gasteiger partial charge in [0.2, 0.25) is 0 Å². The minimum absolute atomic E-state index is 0.198. The van der Waals surface area contributed by atoms with Gasteiger partial charge < -0.3 is 5.11 Å². The first-order chi connectivity index (χ1) is 14.6. The van der Waals surface area contributed by atoms with E-state index in [0.717, 1.165) is 11.1 Å². The molecule has 1 N–H and O–H groups in total. The third-order valence-corrected chi connectivity index (χ3v) is 4.50.